The Morgan fingerprint density at radius 2 is 1.79 bits per heavy atom. The number of esters is 1. The second-order valence-electron chi connectivity index (χ2n) is 9.38. The van der Waals surface area contributed by atoms with Crippen molar-refractivity contribution in [1.29, 1.82) is 0 Å². The van der Waals surface area contributed by atoms with Crippen LogP contribution in [0.1, 0.15) is 36.6 Å². The van der Waals surface area contributed by atoms with E-state index < -0.39 is 12.0 Å². The van der Waals surface area contributed by atoms with Gasteiger partial charge in [0.1, 0.15) is 12.4 Å². The van der Waals surface area contributed by atoms with Gasteiger partial charge in [0.25, 0.3) is 5.56 Å². The third-order valence-electron chi connectivity index (χ3n) is 6.72. The molecule has 0 unspecified atom stereocenters. The first-order valence-corrected chi connectivity index (χ1v) is 14.8. The molecule has 216 valence electrons. The molecule has 1 aromatic heterocycles. The minimum absolute atomic E-state index is 0.183. The summed E-state index contributed by atoms with van der Waals surface area (Å²) in [6, 6.07) is 20.2. The van der Waals surface area contributed by atoms with Crippen LogP contribution >= 0.6 is 27.3 Å². The summed E-state index contributed by atoms with van der Waals surface area (Å²) in [5, 5.41) is 0. The van der Waals surface area contributed by atoms with Gasteiger partial charge in [0.2, 0.25) is 0 Å². The lowest BCUT2D eigenvalue weighted by molar-refractivity contribution is -0.139. The van der Waals surface area contributed by atoms with Crippen molar-refractivity contribution in [3.05, 3.63) is 119 Å². The van der Waals surface area contributed by atoms with Gasteiger partial charge in [0.15, 0.2) is 16.3 Å². The van der Waals surface area contributed by atoms with Crippen LogP contribution in [0.5, 0.6) is 17.2 Å². The van der Waals surface area contributed by atoms with Crippen molar-refractivity contribution in [1.82, 2.24) is 4.57 Å². The van der Waals surface area contributed by atoms with Gasteiger partial charge in [0, 0.05) is 4.47 Å². The zero-order chi connectivity index (χ0) is 29.8. The zero-order valence-electron chi connectivity index (χ0n) is 23.5. The number of halogens is 1. The quantitative estimate of drug-likeness (QED) is 0.233. The van der Waals surface area contributed by atoms with Crippen LogP contribution < -0.4 is 29.1 Å². The summed E-state index contributed by atoms with van der Waals surface area (Å²) in [6.07, 6.45) is 1.81. The van der Waals surface area contributed by atoms with Crippen LogP contribution in [0.25, 0.3) is 6.08 Å². The number of aromatic nitrogens is 1. The van der Waals surface area contributed by atoms with Gasteiger partial charge < -0.3 is 18.9 Å². The molecule has 42 heavy (non-hydrogen) atoms. The molecular weight excluding hydrogens is 620 g/mol. The van der Waals surface area contributed by atoms with Crippen molar-refractivity contribution >= 4 is 39.3 Å². The van der Waals surface area contributed by atoms with Gasteiger partial charge in [-0.05, 0) is 60.9 Å². The number of hydrogen-bond donors (Lipinski definition) is 0. The monoisotopic (exact) mass is 648 g/mol. The van der Waals surface area contributed by atoms with Crippen LogP contribution in [0, 0.1) is 0 Å². The summed E-state index contributed by atoms with van der Waals surface area (Å²) in [7, 11) is 3.08. The number of benzene rings is 3. The van der Waals surface area contributed by atoms with Crippen LogP contribution in [0.4, 0.5) is 0 Å². The maximum atomic E-state index is 14.0. The topological polar surface area (TPSA) is 88.4 Å². The largest absolute Gasteiger partial charge is 0.493 e. The van der Waals surface area contributed by atoms with E-state index in [2.05, 4.69) is 20.9 Å². The van der Waals surface area contributed by atoms with Crippen LogP contribution in [0.15, 0.2) is 92.3 Å². The van der Waals surface area contributed by atoms with Crippen LogP contribution in [-0.2, 0) is 16.1 Å². The fourth-order valence-corrected chi connectivity index (χ4v) is 6.34. The van der Waals surface area contributed by atoms with Gasteiger partial charge >= 0.3 is 5.97 Å². The van der Waals surface area contributed by atoms with Crippen LogP contribution in [0.2, 0.25) is 0 Å². The minimum atomic E-state index is -0.808. The van der Waals surface area contributed by atoms with E-state index in [0.29, 0.717) is 48.9 Å². The molecule has 0 amide bonds. The van der Waals surface area contributed by atoms with E-state index in [0.717, 1.165) is 11.1 Å². The van der Waals surface area contributed by atoms with Crippen molar-refractivity contribution in [3.63, 3.8) is 0 Å². The molecule has 4 aromatic rings. The third-order valence-corrected chi connectivity index (χ3v) is 8.39. The maximum absolute atomic E-state index is 14.0. The molecule has 0 spiro atoms. The smallest absolute Gasteiger partial charge is 0.338 e. The van der Waals surface area contributed by atoms with E-state index in [-0.39, 0.29) is 17.7 Å². The van der Waals surface area contributed by atoms with Gasteiger partial charge in [-0.15, -0.1) is 0 Å². The SMILES string of the molecule is CCOC(=O)C1=C(C)N=c2s/c(=C/c3cccc(OCc4ccccc4)c3)c(=O)n2[C@H]1c1cc(OC)c(OC)cc1Br. The molecule has 5 rings (SSSR count). The Labute approximate surface area is 255 Å². The summed E-state index contributed by atoms with van der Waals surface area (Å²) >= 11 is 4.88. The van der Waals surface area contributed by atoms with Crippen LogP contribution in [0.3, 0.4) is 0 Å². The van der Waals surface area contributed by atoms with E-state index >= 15 is 0 Å². The van der Waals surface area contributed by atoms with Gasteiger partial charge in [-0.2, -0.15) is 0 Å². The molecule has 2 heterocycles. The van der Waals surface area contributed by atoms with Crippen molar-refractivity contribution in [2.24, 2.45) is 4.99 Å². The number of fused-ring (bicyclic) bond motifs is 1. The molecule has 0 saturated heterocycles. The Morgan fingerprint density at radius 3 is 2.50 bits per heavy atom. The molecule has 0 bridgehead atoms. The molecule has 8 nitrogen and oxygen atoms in total. The molecule has 0 radical (unpaired) electrons. The van der Waals surface area contributed by atoms with E-state index in [1.54, 1.807) is 33.1 Å². The molecular formula is C32H29BrN2O6S. The second kappa shape index (κ2) is 12.8. The summed E-state index contributed by atoms with van der Waals surface area (Å²) < 4.78 is 25.0. The number of rotatable bonds is 9. The molecule has 3 aromatic carbocycles. The lowest BCUT2D eigenvalue weighted by Gasteiger charge is -2.26. The standard InChI is InChI=1S/C32H29BrN2O6S/c1-5-40-31(37)28-19(2)34-32-35(29(28)23-16-25(38-3)26(39-4)17-24(23)33)30(36)27(42-32)15-21-12-9-13-22(14-21)41-18-20-10-7-6-8-11-20/h6-17,29H,5,18H2,1-4H3/b27-15+/t29-/m0/s1. The molecule has 0 saturated carbocycles. The first kappa shape index (κ1) is 29.3. The molecule has 1 aliphatic rings. The molecule has 0 aliphatic carbocycles. The average molecular weight is 650 g/mol. The van der Waals surface area contributed by atoms with E-state index in [9.17, 15) is 9.59 Å². The molecule has 0 fully saturated rings. The highest BCUT2D eigenvalue weighted by Gasteiger charge is 2.35. The lowest BCUT2D eigenvalue weighted by Crippen LogP contribution is -2.40. The Hall–Kier alpha value is -4.15. The molecule has 1 aliphatic heterocycles. The normalized spacial score (nSPS) is 14.7. The van der Waals surface area contributed by atoms with Gasteiger partial charge in [-0.1, -0.05) is 69.7 Å². The third kappa shape index (κ3) is 5.91. The van der Waals surface area contributed by atoms with Gasteiger partial charge in [-0.3, -0.25) is 9.36 Å². The Balaban J connectivity index is 1.61. The predicted molar refractivity (Wildman–Crippen MR) is 165 cm³/mol. The zero-order valence-corrected chi connectivity index (χ0v) is 26.0. The first-order valence-electron chi connectivity index (χ1n) is 13.2. The van der Waals surface area contributed by atoms with Gasteiger partial charge in [-0.25, -0.2) is 9.79 Å². The lowest BCUT2D eigenvalue weighted by atomic mass is 9.95. The molecule has 1 atom stereocenters. The van der Waals surface area contributed by atoms with E-state index in [4.69, 9.17) is 18.9 Å². The number of carbonyl (C=O) groups excluding carboxylic acids is 1. The number of thiazole rings is 1. The van der Waals surface area contributed by atoms with Crippen molar-refractivity contribution < 1.29 is 23.7 Å². The first-order chi connectivity index (χ1) is 20.3. The Bertz CT molecular complexity index is 1840. The minimum Gasteiger partial charge on any atom is -0.493 e. The number of nitrogens with zero attached hydrogens (tertiary/aromatic N) is 2. The van der Waals surface area contributed by atoms with Crippen molar-refractivity contribution in [2.45, 2.75) is 26.5 Å². The van der Waals surface area contributed by atoms with Crippen LogP contribution in [-0.4, -0.2) is 31.4 Å². The summed E-state index contributed by atoms with van der Waals surface area (Å²) in [5.41, 5.74) is 2.97. The molecule has 10 heteroatoms. The summed E-state index contributed by atoms with van der Waals surface area (Å²) in [6.45, 7) is 4.10. The fraction of sp³-hybridized carbons (Fsp3) is 0.219. The highest BCUT2D eigenvalue weighted by molar-refractivity contribution is 9.10. The second-order valence-corrected chi connectivity index (χ2v) is 11.2. The summed E-state index contributed by atoms with van der Waals surface area (Å²) in [5.74, 6) is 1.12. The van der Waals surface area contributed by atoms with Gasteiger partial charge in [0.05, 0.1) is 42.7 Å². The highest BCUT2D eigenvalue weighted by Crippen LogP contribution is 2.40. The number of carbonyl (C=O) groups is 1. The number of ether oxygens (including phenoxy) is 4. The summed E-state index contributed by atoms with van der Waals surface area (Å²) in [4.78, 5) is 32.4. The van der Waals surface area contributed by atoms with E-state index in [1.807, 2.05) is 60.7 Å². The number of hydrogen-bond acceptors (Lipinski definition) is 8. The fourth-order valence-electron chi connectivity index (χ4n) is 4.75. The number of allylic oxidation sites excluding steroid dienone is 1. The maximum Gasteiger partial charge on any atom is 0.338 e. The van der Waals surface area contributed by atoms with E-state index in [1.165, 1.54) is 23.0 Å². The Kier molecular flexibility index (Phi) is 8.94. The molecule has 0 N–H and O–H groups in total. The number of methoxy groups -OCH3 is 2. The predicted octanol–water partition coefficient (Wildman–Crippen LogP) is 5.16. The van der Waals surface area contributed by atoms with Crippen molar-refractivity contribution in [3.8, 4) is 17.2 Å². The Morgan fingerprint density at radius 1 is 1.05 bits per heavy atom. The average Bonchev–Trinajstić information content (AvgIpc) is 3.29. The van der Waals surface area contributed by atoms with Crippen molar-refractivity contribution in [2.75, 3.05) is 20.8 Å². The highest BCUT2D eigenvalue weighted by atomic mass is 79.9.